The van der Waals surface area contributed by atoms with Crippen LogP contribution < -0.4 is 0 Å². The molecular formula is C12H15NO4. The van der Waals surface area contributed by atoms with Crippen LogP contribution in [0.5, 0.6) is 0 Å². The summed E-state index contributed by atoms with van der Waals surface area (Å²) in [5, 5.41) is 19.0. The van der Waals surface area contributed by atoms with Crippen molar-refractivity contribution in [1.29, 1.82) is 0 Å². The van der Waals surface area contributed by atoms with Crippen LogP contribution in [-0.2, 0) is 4.74 Å². The van der Waals surface area contributed by atoms with Gasteiger partial charge < -0.3 is 19.8 Å². The highest BCUT2D eigenvalue weighted by molar-refractivity contribution is 5.65. The monoisotopic (exact) mass is 237 g/mol. The van der Waals surface area contributed by atoms with Gasteiger partial charge in [-0.2, -0.15) is 0 Å². The van der Waals surface area contributed by atoms with Crippen LogP contribution in [0.2, 0.25) is 0 Å². The minimum atomic E-state index is -0.974. The number of morpholine rings is 1. The second kappa shape index (κ2) is 5.16. The summed E-state index contributed by atoms with van der Waals surface area (Å²) in [6.07, 6.45) is -2.26. The van der Waals surface area contributed by atoms with Gasteiger partial charge >= 0.3 is 6.09 Å². The van der Waals surface area contributed by atoms with Crippen LogP contribution >= 0.6 is 0 Å². The van der Waals surface area contributed by atoms with Crippen molar-refractivity contribution in [2.24, 2.45) is 0 Å². The van der Waals surface area contributed by atoms with Gasteiger partial charge in [0.1, 0.15) is 12.2 Å². The predicted molar refractivity (Wildman–Crippen MR) is 60.7 cm³/mol. The van der Waals surface area contributed by atoms with E-state index in [1.54, 1.807) is 12.1 Å². The summed E-state index contributed by atoms with van der Waals surface area (Å²) in [5.74, 6) is 0. The zero-order valence-electron chi connectivity index (χ0n) is 9.32. The molecule has 0 unspecified atom stereocenters. The molecule has 1 amide bonds. The molecule has 1 aliphatic heterocycles. The Morgan fingerprint density at radius 1 is 1.41 bits per heavy atom. The molecule has 0 spiro atoms. The molecule has 0 radical (unpaired) electrons. The van der Waals surface area contributed by atoms with Gasteiger partial charge in [0.05, 0.1) is 13.2 Å². The number of benzene rings is 1. The summed E-state index contributed by atoms with van der Waals surface area (Å²) in [5.41, 5.74) is 0.740. The highest BCUT2D eigenvalue weighted by Crippen LogP contribution is 2.21. The molecule has 2 rings (SSSR count). The van der Waals surface area contributed by atoms with Crippen molar-refractivity contribution in [3.63, 3.8) is 0 Å². The number of hydrogen-bond acceptors (Lipinski definition) is 3. The lowest BCUT2D eigenvalue weighted by Crippen LogP contribution is -2.47. The number of aliphatic hydroxyl groups is 1. The first-order valence-electron chi connectivity index (χ1n) is 5.51. The summed E-state index contributed by atoms with van der Waals surface area (Å²) in [6.45, 7) is 0.875. The number of nitrogens with zero attached hydrogens (tertiary/aromatic N) is 1. The largest absolute Gasteiger partial charge is 0.465 e. The highest BCUT2D eigenvalue weighted by Gasteiger charge is 2.29. The van der Waals surface area contributed by atoms with Gasteiger partial charge in [-0.1, -0.05) is 30.3 Å². The van der Waals surface area contributed by atoms with Crippen molar-refractivity contribution in [2.75, 3.05) is 19.7 Å². The molecule has 1 aliphatic rings. The maximum atomic E-state index is 10.8. The lowest BCUT2D eigenvalue weighted by Gasteiger charge is -2.33. The van der Waals surface area contributed by atoms with Crippen molar-refractivity contribution >= 4 is 6.09 Å². The van der Waals surface area contributed by atoms with Crippen molar-refractivity contribution in [1.82, 2.24) is 4.90 Å². The second-order valence-electron chi connectivity index (χ2n) is 3.99. The average Bonchev–Trinajstić information content (AvgIpc) is 2.39. The molecule has 0 bridgehead atoms. The van der Waals surface area contributed by atoms with Crippen LogP contribution in [-0.4, -0.2) is 47.0 Å². The van der Waals surface area contributed by atoms with Crippen LogP contribution in [0.3, 0.4) is 0 Å². The first-order chi connectivity index (χ1) is 8.18. The molecule has 92 valence electrons. The van der Waals surface area contributed by atoms with Gasteiger partial charge in [0.2, 0.25) is 0 Å². The molecule has 1 fully saturated rings. The van der Waals surface area contributed by atoms with E-state index in [1.807, 2.05) is 18.2 Å². The van der Waals surface area contributed by atoms with E-state index in [2.05, 4.69) is 0 Å². The molecule has 17 heavy (non-hydrogen) atoms. The zero-order valence-corrected chi connectivity index (χ0v) is 9.32. The Hall–Kier alpha value is -1.59. The van der Waals surface area contributed by atoms with Gasteiger partial charge in [-0.25, -0.2) is 4.79 Å². The summed E-state index contributed by atoms with van der Waals surface area (Å²) >= 11 is 0. The first kappa shape index (κ1) is 11.9. The van der Waals surface area contributed by atoms with E-state index < -0.39 is 18.3 Å². The van der Waals surface area contributed by atoms with Gasteiger partial charge in [0.15, 0.2) is 0 Å². The minimum absolute atomic E-state index is 0.200. The normalized spacial score (nSPS) is 22.2. The number of aliphatic hydroxyl groups excluding tert-OH is 1. The molecule has 5 nitrogen and oxygen atoms in total. The Balaban J connectivity index is 2.05. The third-order valence-corrected chi connectivity index (χ3v) is 2.86. The van der Waals surface area contributed by atoms with Gasteiger partial charge in [0.25, 0.3) is 0 Å². The molecule has 0 saturated carbocycles. The number of carbonyl (C=O) groups is 1. The quantitative estimate of drug-likeness (QED) is 0.808. The maximum Gasteiger partial charge on any atom is 0.407 e. The fourth-order valence-electron chi connectivity index (χ4n) is 1.91. The fourth-order valence-corrected chi connectivity index (χ4v) is 1.91. The van der Waals surface area contributed by atoms with Crippen LogP contribution in [0.25, 0.3) is 0 Å². The Kier molecular flexibility index (Phi) is 3.61. The number of ether oxygens (including phenoxy) is 1. The van der Waals surface area contributed by atoms with E-state index in [-0.39, 0.29) is 6.54 Å². The van der Waals surface area contributed by atoms with Crippen LogP contribution in [0.15, 0.2) is 30.3 Å². The Morgan fingerprint density at radius 3 is 2.76 bits per heavy atom. The summed E-state index contributed by atoms with van der Waals surface area (Å²) in [6, 6.07) is 9.12. The molecule has 2 N–H and O–H groups in total. The van der Waals surface area contributed by atoms with Gasteiger partial charge in [-0.05, 0) is 5.56 Å². The standard InChI is InChI=1S/C12H15NO4/c14-11(9-4-2-1-3-5-9)10-8-13(12(15)16)6-7-17-10/h1-5,10-11,14H,6-8H2,(H,15,16)/t10-,11-/m1/s1. The molecule has 0 aliphatic carbocycles. The molecular weight excluding hydrogens is 222 g/mol. The predicted octanol–water partition coefficient (Wildman–Crippen LogP) is 1.10. The lowest BCUT2D eigenvalue weighted by atomic mass is 10.0. The van der Waals surface area contributed by atoms with Gasteiger partial charge in [0, 0.05) is 6.54 Å². The third-order valence-electron chi connectivity index (χ3n) is 2.86. The molecule has 0 aromatic heterocycles. The van der Waals surface area contributed by atoms with Crippen molar-refractivity contribution in [3.05, 3.63) is 35.9 Å². The molecule has 1 aromatic carbocycles. The zero-order chi connectivity index (χ0) is 12.3. The number of amides is 1. The number of hydrogen-bond donors (Lipinski definition) is 2. The van der Waals surface area contributed by atoms with E-state index >= 15 is 0 Å². The molecule has 1 saturated heterocycles. The Morgan fingerprint density at radius 2 is 2.12 bits per heavy atom. The van der Waals surface area contributed by atoms with E-state index in [9.17, 15) is 9.90 Å². The maximum absolute atomic E-state index is 10.8. The molecule has 1 heterocycles. The Labute approximate surface area is 99.2 Å². The van der Waals surface area contributed by atoms with E-state index in [0.29, 0.717) is 13.2 Å². The molecule has 5 heteroatoms. The summed E-state index contributed by atoms with van der Waals surface area (Å²) in [4.78, 5) is 12.1. The fraction of sp³-hybridized carbons (Fsp3) is 0.417. The topological polar surface area (TPSA) is 70.0 Å². The molecule has 1 aromatic rings. The molecule has 2 atom stereocenters. The summed E-state index contributed by atoms with van der Waals surface area (Å²) in [7, 11) is 0. The summed E-state index contributed by atoms with van der Waals surface area (Å²) < 4.78 is 5.42. The van der Waals surface area contributed by atoms with E-state index in [1.165, 1.54) is 4.90 Å². The van der Waals surface area contributed by atoms with Gasteiger partial charge in [-0.15, -0.1) is 0 Å². The minimum Gasteiger partial charge on any atom is -0.465 e. The van der Waals surface area contributed by atoms with Crippen molar-refractivity contribution in [3.8, 4) is 0 Å². The third kappa shape index (κ3) is 2.75. The first-order valence-corrected chi connectivity index (χ1v) is 5.51. The van der Waals surface area contributed by atoms with Crippen LogP contribution in [0.4, 0.5) is 4.79 Å². The second-order valence-corrected chi connectivity index (χ2v) is 3.99. The van der Waals surface area contributed by atoms with Crippen LogP contribution in [0, 0.1) is 0 Å². The van der Waals surface area contributed by atoms with E-state index in [0.717, 1.165) is 5.56 Å². The number of rotatable bonds is 2. The van der Waals surface area contributed by atoms with E-state index in [4.69, 9.17) is 9.84 Å². The SMILES string of the molecule is O=C(O)N1CCO[C@@H]([C@H](O)c2ccccc2)C1. The lowest BCUT2D eigenvalue weighted by molar-refractivity contribution is -0.0835. The number of carboxylic acid groups (broad SMARTS) is 1. The van der Waals surface area contributed by atoms with Crippen LogP contribution in [0.1, 0.15) is 11.7 Å². The highest BCUT2D eigenvalue weighted by atomic mass is 16.5. The van der Waals surface area contributed by atoms with Gasteiger partial charge in [-0.3, -0.25) is 0 Å². The Bertz CT molecular complexity index is 381. The van der Waals surface area contributed by atoms with Crippen molar-refractivity contribution < 1.29 is 19.7 Å². The van der Waals surface area contributed by atoms with Crippen molar-refractivity contribution in [2.45, 2.75) is 12.2 Å². The smallest absolute Gasteiger partial charge is 0.407 e. The average molecular weight is 237 g/mol.